The molecule has 1 N–H and O–H groups in total. The van der Waals surface area contributed by atoms with Crippen molar-refractivity contribution in [2.24, 2.45) is 0 Å². The molecule has 2 atom stereocenters. The van der Waals surface area contributed by atoms with Crippen molar-refractivity contribution >= 4 is 0 Å². The van der Waals surface area contributed by atoms with E-state index < -0.39 is 0 Å². The van der Waals surface area contributed by atoms with E-state index >= 15 is 0 Å². The minimum Gasteiger partial charge on any atom is -0.508 e. The standard InChI is InChI=1S/C14H20FNO2/c1-3-12-9-16(6-7-18-12)10(2)13-5-4-11(17)8-14(13)15/h4-5,8,10,12,17H,3,6-7,9H2,1-2H3. The van der Waals surface area contributed by atoms with E-state index in [1.807, 2.05) is 6.92 Å². The number of halogens is 1. The first-order valence-corrected chi connectivity index (χ1v) is 6.46. The van der Waals surface area contributed by atoms with Gasteiger partial charge in [-0.15, -0.1) is 0 Å². The molecular weight excluding hydrogens is 233 g/mol. The lowest BCUT2D eigenvalue weighted by molar-refractivity contribution is -0.0429. The van der Waals surface area contributed by atoms with Gasteiger partial charge in [0.15, 0.2) is 0 Å². The molecule has 0 bridgehead atoms. The fourth-order valence-corrected chi connectivity index (χ4v) is 2.39. The Balaban J connectivity index is 2.12. The molecule has 0 spiro atoms. The second-order valence-electron chi connectivity index (χ2n) is 4.78. The fraction of sp³-hybridized carbons (Fsp3) is 0.571. The molecule has 4 heteroatoms. The molecule has 0 aliphatic carbocycles. The Morgan fingerprint density at radius 1 is 1.56 bits per heavy atom. The van der Waals surface area contributed by atoms with Crippen LogP contribution < -0.4 is 0 Å². The molecule has 100 valence electrons. The van der Waals surface area contributed by atoms with Crippen LogP contribution in [-0.2, 0) is 4.74 Å². The van der Waals surface area contributed by atoms with Gasteiger partial charge in [0.05, 0.1) is 12.7 Å². The van der Waals surface area contributed by atoms with Crippen LogP contribution in [0.5, 0.6) is 5.75 Å². The number of hydrogen-bond acceptors (Lipinski definition) is 3. The van der Waals surface area contributed by atoms with Gasteiger partial charge in [0.2, 0.25) is 0 Å². The van der Waals surface area contributed by atoms with E-state index in [-0.39, 0.29) is 23.7 Å². The highest BCUT2D eigenvalue weighted by atomic mass is 19.1. The van der Waals surface area contributed by atoms with E-state index in [0.29, 0.717) is 12.2 Å². The molecule has 0 saturated carbocycles. The smallest absolute Gasteiger partial charge is 0.131 e. The van der Waals surface area contributed by atoms with E-state index in [1.165, 1.54) is 12.1 Å². The number of morpholine rings is 1. The van der Waals surface area contributed by atoms with Gasteiger partial charge in [0, 0.05) is 30.8 Å². The fourth-order valence-electron chi connectivity index (χ4n) is 2.39. The first kappa shape index (κ1) is 13.3. The summed E-state index contributed by atoms with van der Waals surface area (Å²) in [5.74, 6) is -0.376. The second kappa shape index (κ2) is 5.67. The topological polar surface area (TPSA) is 32.7 Å². The minimum atomic E-state index is -0.345. The van der Waals surface area contributed by atoms with Crippen LogP contribution in [0.4, 0.5) is 4.39 Å². The highest BCUT2D eigenvalue weighted by Gasteiger charge is 2.25. The van der Waals surface area contributed by atoms with Gasteiger partial charge in [-0.05, 0) is 19.4 Å². The molecule has 1 fully saturated rings. The van der Waals surface area contributed by atoms with E-state index in [2.05, 4.69) is 11.8 Å². The summed E-state index contributed by atoms with van der Waals surface area (Å²) in [6.07, 6.45) is 1.21. The van der Waals surface area contributed by atoms with Gasteiger partial charge >= 0.3 is 0 Å². The maximum Gasteiger partial charge on any atom is 0.131 e. The molecule has 0 aromatic heterocycles. The molecule has 1 aromatic rings. The van der Waals surface area contributed by atoms with Crippen molar-refractivity contribution in [1.29, 1.82) is 0 Å². The third-order valence-electron chi connectivity index (χ3n) is 3.61. The van der Waals surface area contributed by atoms with Gasteiger partial charge in [-0.2, -0.15) is 0 Å². The lowest BCUT2D eigenvalue weighted by Gasteiger charge is -2.36. The SMILES string of the molecule is CCC1CN(C(C)c2ccc(O)cc2F)CCO1. The van der Waals surface area contributed by atoms with E-state index in [1.54, 1.807) is 6.07 Å². The predicted octanol–water partition coefficient (Wildman–Crippen LogP) is 2.70. The molecule has 1 saturated heterocycles. The molecule has 3 nitrogen and oxygen atoms in total. The highest BCUT2D eigenvalue weighted by Crippen LogP contribution is 2.27. The van der Waals surface area contributed by atoms with Crippen molar-refractivity contribution in [3.8, 4) is 5.75 Å². The van der Waals surface area contributed by atoms with E-state index in [4.69, 9.17) is 4.74 Å². The third kappa shape index (κ3) is 2.82. The van der Waals surface area contributed by atoms with Gasteiger partial charge in [0.25, 0.3) is 0 Å². The van der Waals surface area contributed by atoms with Gasteiger partial charge < -0.3 is 9.84 Å². The van der Waals surface area contributed by atoms with Crippen molar-refractivity contribution in [1.82, 2.24) is 4.90 Å². The van der Waals surface area contributed by atoms with E-state index in [0.717, 1.165) is 19.5 Å². The molecule has 1 aliphatic rings. The molecule has 0 amide bonds. The largest absolute Gasteiger partial charge is 0.508 e. The van der Waals surface area contributed by atoms with Crippen LogP contribution in [0.3, 0.4) is 0 Å². The number of ether oxygens (including phenoxy) is 1. The molecule has 1 aromatic carbocycles. The highest BCUT2D eigenvalue weighted by molar-refractivity contribution is 5.29. The quantitative estimate of drug-likeness (QED) is 0.899. The number of hydrogen-bond donors (Lipinski definition) is 1. The molecule has 2 unspecified atom stereocenters. The Kier molecular flexibility index (Phi) is 4.19. The maximum absolute atomic E-state index is 13.8. The second-order valence-corrected chi connectivity index (χ2v) is 4.78. The van der Waals surface area contributed by atoms with Crippen molar-refractivity contribution in [3.63, 3.8) is 0 Å². The normalized spacial score (nSPS) is 22.9. The van der Waals surface area contributed by atoms with Crippen LogP contribution in [0.2, 0.25) is 0 Å². The first-order chi connectivity index (χ1) is 8.61. The summed E-state index contributed by atoms with van der Waals surface area (Å²) in [4.78, 5) is 2.23. The minimum absolute atomic E-state index is 0.00329. The number of rotatable bonds is 3. The summed E-state index contributed by atoms with van der Waals surface area (Å²) in [6, 6.07) is 4.37. The molecule has 1 aliphatic heterocycles. The molecule has 0 radical (unpaired) electrons. The zero-order chi connectivity index (χ0) is 13.1. The maximum atomic E-state index is 13.8. The predicted molar refractivity (Wildman–Crippen MR) is 68.1 cm³/mol. The average Bonchev–Trinajstić information content (AvgIpc) is 2.38. The Bertz CT molecular complexity index is 411. The molecule has 1 heterocycles. The monoisotopic (exact) mass is 253 g/mol. The van der Waals surface area contributed by atoms with Crippen LogP contribution >= 0.6 is 0 Å². The van der Waals surface area contributed by atoms with Gasteiger partial charge in [-0.3, -0.25) is 4.90 Å². The van der Waals surface area contributed by atoms with Crippen LogP contribution in [0, 0.1) is 5.82 Å². The summed E-state index contributed by atoms with van der Waals surface area (Å²) in [6.45, 7) is 6.44. The van der Waals surface area contributed by atoms with Crippen LogP contribution in [-0.4, -0.2) is 35.8 Å². The van der Waals surface area contributed by atoms with Crippen LogP contribution in [0.1, 0.15) is 31.9 Å². The lowest BCUT2D eigenvalue weighted by Crippen LogP contribution is -2.43. The van der Waals surface area contributed by atoms with Gasteiger partial charge in [-0.25, -0.2) is 4.39 Å². The summed E-state index contributed by atoms with van der Waals surface area (Å²) in [7, 11) is 0. The average molecular weight is 253 g/mol. The van der Waals surface area contributed by atoms with Crippen molar-refractivity contribution < 1.29 is 14.2 Å². The number of nitrogens with zero attached hydrogens (tertiary/aromatic N) is 1. The Morgan fingerprint density at radius 2 is 2.33 bits per heavy atom. The summed E-state index contributed by atoms with van der Waals surface area (Å²) < 4.78 is 19.4. The Hall–Kier alpha value is -1.13. The number of aromatic hydroxyl groups is 1. The molecular formula is C14H20FNO2. The van der Waals surface area contributed by atoms with Crippen molar-refractivity contribution in [2.45, 2.75) is 32.4 Å². The number of phenolic OH excluding ortho intramolecular Hbond substituents is 1. The number of phenols is 1. The van der Waals surface area contributed by atoms with Gasteiger partial charge in [-0.1, -0.05) is 13.0 Å². The summed E-state index contributed by atoms with van der Waals surface area (Å²) in [5, 5.41) is 9.24. The first-order valence-electron chi connectivity index (χ1n) is 6.46. The number of benzene rings is 1. The van der Waals surface area contributed by atoms with Crippen molar-refractivity contribution in [2.75, 3.05) is 19.7 Å². The zero-order valence-electron chi connectivity index (χ0n) is 10.9. The molecule has 18 heavy (non-hydrogen) atoms. The summed E-state index contributed by atoms with van der Waals surface area (Å²) >= 11 is 0. The van der Waals surface area contributed by atoms with Crippen LogP contribution in [0.15, 0.2) is 18.2 Å². The zero-order valence-corrected chi connectivity index (χ0v) is 10.9. The Labute approximate surface area is 107 Å². The summed E-state index contributed by atoms with van der Waals surface area (Å²) in [5.41, 5.74) is 0.629. The lowest BCUT2D eigenvalue weighted by atomic mass is 10.0. The molecule has 2 rings (SSSR count). The van der Waals surface area contributed by atoms with Gasteiger partial charge in [0.1, 0.15) is 11.6 Å². The van der Waals surface area contributed by atoms with E-state index in [9.17, 15) is 9.50 Å². The Morgan fingerprint density at radius 3 is 3.00 bits per heavy atom. The van der Waals surface area contributed by atoms with Crippen LogP contribution in [0.25, 0.3) is 0 Å². The van der Waals surface area contributed by atoms with Crippen molar-refractivity contribution in [3.05, 3.63) is 29.6 Å². The third-order valence-corrected chi connectivity index (χ3v) is 3.61.